The van der Waals surface area contributed by atoms with Gasteiger partial charge in [0.15, 0.2) is 0 Å². The molecular formula is C13H19N3O3. The number of aromatic nitrogens is 1. The first-order chi connectivity index (χ1) is 9.09. The summed E-state index contributed by atoms with van der Waals surface area (Å²) in [7, 11) is 1.72. The van der Waals surface area contributed by atoms with Crippen molar-refractivity contribution in [2.24, 2.45) is 0 Å². The quantitative estimate of drug-likeness (QED) is 0.731. The molecule has 6 nitrogen and oxygen atoms in total. The summed E-state index contributed by atoms with van der Waals surface area (Å²) < 4.78 is 0. The number of rotatable bonds is 7. The van der Waals surface area contributed by atoms with Crippen molar-refractivity contribution in [3.8, 4) is 0 Å². The van der Waals surface area contributed by atoms with E-state index in [1.165, 1.54) is 0 Å². The zero-order valence-electron chi connectivity index (χ0n) is 11.0. The van der Waals surface area contributed by atoms with Crippen molar-refractivity contribution in [1.29, 1.82) is 0 Å². The average molecular weight is 265 g/mol. The van der Waals surface area contributed by atoms with E-state index in [9.17, 15) is 9.59 Å². The molecule has 2 amide bonds. The van der Waals surface area contributed by atoms with Gasteiger partial charge >= 0.3 is 12.0 Å². The predicted molar refractivity (Wildman–Crippen MR) is 70.6 cm³/mol. The van der Waals surface area contributed by atoms with Crippen LogP contribution in [0.3, 0.4) is 0 Å². The largest absolute Gasteiger partial charge is 0.481 e. The maximum absolute atomic E-state index is 11.7. The number of carboxylic acid groups (broad SMARTS) is 1. The molecule has 1 heterocycles. The third-order valence-electron chi connectivity index (χ3n) is 2.61. The van der Waals surface area contributed by atoms with Crippen molar-refractivity contribution >= 4 is 12.0 Å². The van der Waals surface area contributed by atoms with E-state index in [1.54, 1.807) is 24.3 Å². The van der Waals surface area contributed by atoms with Gasteiger partial charge in [0, 0.05) is 39.0 Å². The Morgan fingerprint density at radius 3 is 2.63 bits per heavy atom. The number of nitrogens with zero attached hydrogens (tertiary/aromatic N) is 2. The smallest absolute Gasteiger partial charge is 0.317 e. The van der Waals surface area contributed by atoms with Crippen LogP contribution in [0.1, 0.15) is 24.8 Å². The molecule has 1 aromatic rings. The number of aliphatic carboxylic acids is 1. The number of carbonyl (C=O) groups excluding carboxylic acids is 1. The Labute approximate surface area is 112 Å². The molecule has 0 fully saturated rings. The number of unbranched alkanes of at least 4 members (excludes halogenated alkanes) is 1. The molecule has 1 rings (SSSR count). The summed E-state index contributed by atoms with van der Waals surface area (Å²) >= 11 is 0. The minimum atomic E-state index is -0.805. The molecule has 0 aliphatic heterocycles. The fourth-order valence-corrected chi connectivity index (χ4v) is 1.57. The highest BCUT2D eigenvalue weighted by molar-refractivity contribution is 5.73. The van der Waals surface area contributed by atoms with Crippen LogP contribution >= 0.6 is 0 Å². The third kappa shape index (κ3) is 6.40. The predicted octanol–water partition coefficient (Wildman–Crippen LogP) is 1.48. The number of hydrogen-bond acceptors (Lipinski definition) is 3. The van der Waals surface area contributed by atoms with Crippen LogP contribution in [0.25, 0.3) is 0 Å². The van der Waals surface area contributed by atoms with Gasteiger partial charge < -0.3 is 15.3 Å². The molecule has 6 heteroatoms. The maximum atomic E-state index is 11.7. The van der Waals surface area contributed by atoms with E-state index >= 15 is 0 Å². The second-order valence-corrected chi connectivity index (χ2v) is 4.29. The molecule has 19 heavy (non-hydrogen) atoms. The second kappa shape index (κ2) is 8.07. The topological polar surface area (TPSA) is 82.5 Å². The molecule has 0 bridgehead atoms. The molecule has 1 aromatic heterocycles. The van der Waals surface area contributed by atoms with E-state index in [0.717, 1.165) is 5.56 Å². The molecule has 0 aromatic carbocycles. The highest BCUT2D eigenvalue weighted by Crippen LogP contribution is 2.01. The molecule has 0 aliphatic carbocycles. The molecule has 0 radical (unpaired) electrons. The number of carbonyl (C=O) groups is 2. The van der Waals surface area contributed by atoms with Crippen LogP contribution in [0.15, 0.2) is 24.5 Å². The lowest BCUT2D eigenvalue weighted by Gasteiger charge is -2.17. The van der Waals surface area contributed by atoms with Crippen LogP contribution in [-0.4, -0.2) is 40.6 Å². The Kier molecular flexibility index (Phi) is 6.35. The first-order valence-corrected chi connectivity index (χ1v) is 6.19. The Morgan fingerprint density at radius 1 is 1.32 bits per heavy atom. The van der Waals surface area contributed by atoms with Gasteiger partial charge in [0.25, 0.3) is 0 Å². The van der Waals surface area contributed by atoms with Crippen molar-refractivity contribution in [2.75, 3.05) is 13.6 Å². The standard InChI is InChI=1S/C13H19N3O3/c1-16(10-11-5-8-14-9-6-11)13(19)15-7-3-2-4-12(17)18/h5-6,8-9H,2-4,7,10H2,1H3,(H,15,19)(H,17,18). The number of amides is 2. The maximum Gasteiger partial charge on any atom is 0.317 e. The SMILES string of the molecule is CN(Cc1ccncc1)C(=O)NCCCCC(=O)O. The molecule has 0 aliphatic rings. The van der Waals surface area contributed by atoms with Gasteiger partial charge in [-0.1, -0.05) is 0 Å². The normalized spacial score (nSPS) is 9.95. The van der Waals surface area contributed by atoms with Gasteiger partial charge in [0.1, 0.15) is 0 Å². The number of pyridine rings is 1. The Balaban J connectivity index is 2.20. The highest BCUT2D eigenvalue weighted by Gasteiger charge is 2.08. The van der Waals surface area contributed by atoms with Gasteiger partial charge in [0.05, 0.1) is 0 Å². The van der Waals surface area contributed by atoms with Gasteiger partial charge in [0.2, 0.25) is 0 Å². The summed E-state index contributed by atoms with van der Waals surface area (Å²) in [6, 6.07) is 3.56. The van der Waals surface area contributed by atoms with Crippen molar-refractivity contribution in [1.82, 2.24) is 15.2 Å². The van der Waals surface area contributed by atoms with Gasteiger partial charge in [-0.3, -0.25) is 9.78 Å². The monoisotopic (exact) mass is 265 g/mol. The van der Waals surface area contributed by atoms with Gasteiger partial charge in [-0.05, 0) is 30.5 Å². The lowest BCUT2D eigenvalue weighted by atomic mass is 10.2. The zero-order chi connectivity index (χ0) is 14.1. The minimum absolute atomic E-state index is 0.142. The second-order valence-electron chi connectivity index (χ2n) is 4.29. The van der Waals surface area contributed by atoms with Gasteiger partial charge in [-0.2, -0.15) is 0 Å². The summed E-state index contributed by atoms with van der Waals surface area (Å²) in [5.74, 6) is -0.805. The summed E-state index contributed by atoms with van der Waals surface area (Å²) in [5.41, 5.74) is 1.01. The van der Waals surface area contributed by atoms with Crippen LogP contribution in [0.2, 0.25) is 0 Å². The van der Waals surface area contributed by atoms with Crippen LogP contribution in [0, 0.1) is 0 Å². The molecule has 0 unspecified atom stereocenters. The van der Waals surface area contributed by atoms with Crippen molar-refractivity contribution in [3.05, 3.63) is 30.1 Å². The van der Waals surface area contributed by atoms with Crippen LogP contribution in [0.5, 0.6) is 0 Å². The van der Waals surface area contributed by atoms with Gasteiger partial charge in [-0.15, -0.1) is 0 Å². The summed E-state index contributed by atoms with van der Waals surface area (Å²) in [4.78, 5) is 27.5. The van der Waals surface area contributed by atoms with E-state index in [2.05, 4.69) is 10.3 Å². The zero-order valence-corrected chi connectivity index (χ0v) is 11.0. The number of nitrogens with one attached hydrogen (secondary N) is 1. The molecule has 2 N–H and O–H groups in total. The molecule has 0 saturated heterocycles. The molecule has 0 saturated carbocycles. The Morgan fingerprint density at radius 2 is 2.00 bits per heavy atom. The van der Waals surface area contributed by atoms with Crippen LogP contribution in [-0.2, 0) is 11.3 Å². The Bertz CT molecular complexity index is 409. The Hall–Kier alpha value is -2.11. The summed E-state index contributed by atoms with van der Waals surface area (Å²) in [6.07, 6.45) is 4.76. The lowest BCUT2D eigenvalue weighted by Crippen LogP contribution is -2.37. The molecular weight excluding hydrogens is 246 g/mol. The lowest BCUT2D eigenvalue weighted by molar-refractivity contribution is -0.137. The fourth-order valence-electron chi connectivity index (χ4n) is 1.57. The number of carboxylic acids is 1. The van der Waals surface area contributed by atoms with E-state index in [4.69, 9.17) is 5.11 Å². The van der Waals surface area contributed by atoms with E-state index in [-0.39, 0.29) is 12.5 Å². The van der Waals surface area contributed by atoms with Crippen LogP contribution < -0.4 is 5.32 Å². The minimum Gasteiger partial charge on any atom is -0.481 e. The molecule has 0 spiro atoms. The molecule has 104 valence electrons. The first kappa shape index (κ1) is 14.9. The van der Waals surface area contributed by atoms with E-state index in [1.807, 2.05) is 12.1 Å². The van der Waals surface area contributed by atoms with E-state index < -0.39 is 5.97 Å². The van der Waals surface area contributed by atoms with Crippen molar-refractivity contribution in [3.63, 3.8) is 0 Å². The third-order valence-corrected chi connectivity index (χ3v) is 2.61. The van der Waals surface area contributed by atoms with Crippen LogP contribution in [0.4, 0.5) is 4.79 Å². The molecule has 0 atom stereocenters. The van der Waals surface area contributed by atoms with Crippen molar-refractivity contribution < 1.29 is 14.7 Å². The van der Waals surface area contributed by atoms with Crippen molar-refractivity contribution in [2.45, 2.75) is 25.8 Å². The number of hydrogen-bond donors (Lipinski definition) is 2. The summed E-state index contributed by atoms with van der Waals surface area (Å²) in [5, 5.41) is 11.2. The average Bonchev–Trinajstić information content (AvgIpc) is 2.38. The highest BCUT2D eigenvalue weighted by atomic mass is 16.4. The van der Waals surface area contributed by atoms with E-state index in [0.29, 0.717) is 25.9 Å². The fraction of sp³-hybridized carbons (Fsp3) is 0.462. The number of urea groups is 1. The van der Waals surface area contributed by atoms with Gasteiger partial charge in [-0.25, -0.2) is 4.79 Å². The summed E-state index contributed by atoms with van der Waals surface area (Å²) in [6.45, 7) is 1.01. The first-order valence-electron chi connectivity index (χ1n) is 6.19.